The van der Waals surface area contributed by atoms with E-state index in [-0.39, 0.29) is 0 Å². The van der Waals surface area contributed by atoms with Crippen LogP contribution in [0.3, 0.4) is 0 Å². The number of rotatable bonds is 7. The molecule has 0 saturated heterocycles. The third-order valence-electron chi connectivity index (χ3n) is 2.65. The van der Waals surface area contributed by atoms with E-state index in [9.17, 15) is 0 Å². The minimum Gasteiger partial charge on any atom is -0.368 e. The lowest BCUT2D eigenvalue weighted by molar-refractivity contribution is 0.489. The van der Waals surface area contributed by atoms with E-state index in [1.807, 2.05) is 6.92 Å². The number of alkyl halides is 1. The zero-order valence-corrected chi connectivity index (χ0v) is 10.8. The molecular formula is C12H20ClN3. The van der Waals surface area contributed by atoms with Crippen molar-refractivity contribution in [3.8, 4) is 0 Å². The number of halogens is 1. The minimum absolute atomic E-state index is 0.629. The van der Waals surface area contributed by atoms with Crippen LogP contribution in [-0.2, 0) is 0 Å². The maximum Gasteiger partial charge on any atom is 0.147 e. The highest BCUT2D eigenvalue weighted by Crippen LogP contribution is 2.14. The molecule has 1 aromatic rings. The number of hydrogen-bond donors (Lipinski definition) is 1. The van der Waals surface area contributed by atoms with E-state index < -0.39 is 0 Å². The molecule has 0 amide bonds. The van der Waals surface area contributed by atoms with Crippen molar-refractivity contribution in [1.29, 1.82) is 0 Å². The van der Waals surface area contributed by atoms with E-state index in [1.165, 1.54) is 12.8 Å². The second kappa shape index (κ2) is 7.44. The monoisotopic (exact) mass is 241 g/mol. The lowest BCUT2D eigenvalue weighted by atomic mass is 10.0. The molecule has 0 aliphatic heterocycles. The molecule has 0 saturated carbocycles. The van der Waals surface area contributed by atoms with Gasteiger partial charge >= 0.3 is 0 Å². The summed E-state index contributed by atoms with van der Waals surface area (Å²) < 4.78 is 0. The van der Waals surface area contributed by atoms with Crippen LogP contribution >= 0.6 is 11.6 Å². The first-order valence-electron chi connectivity index (χ1n) is 5.85. The molecule has 1 N–H and O–H groups in total. The molecule has 0 bridgehead atoms. The zero-order valence-electron chi connectivity index (χ0n) is 10.0. The smallest absolute Gasteiger partial charge is 0.147 e. The van der Waals surface area contributed by atoms with Gasteiger partial charge in [0, 0.05) is 24.8 Å². The molecule has 16 heavy (non-hydrogen) atoms. The van der Waals surface area contributed by atoms with Crippen molar-refractivity contribution in [3.05, 3.63) is 18.1 Å². The molecule has 0 aromatic carbocycles. The van der Waals surface area contributed by atoms with Crippen molar-refractivity contribution in [2.75, 3.05) is 17.7 Å². The van der Waals surface area contributed by atoms with Crippen LogP contribution in [0.4, 0.5) is 5.82 Å². The fraction of sp³-hybridized carbons (Fsp3) is 0.667. The van der Waals surface area contributed by atoms with E-state index in [2.05, 4.69) is 22.2 Å². The summed E-state index contributed by atoms with van der Waals surface area (Å²) in [4.78, 5) is 8.46. The number of nitrogens with zero attached hydrogens (tertiary/aromatic N) is 2. The van der Waals surface area contributed by atoms with Gasteiger partial charge in [0.05, 0.1) is 5.69 Å². The van der Waals surface area contributed by atoms with Gasteiger partial charge in [0.15, 0.2) is 0 Å². The second-order valence-corrected chi connectivity index (χ2v) is 4.38. The molecule has 0 aliphatic carbocycles. The van der Waals surface area contributed by atoms with Crippen molar-refractivity contribution in [2.45, 2.75) is 33.1 Å². The van der Waals surface area contributed by atoms with E-state index in [0.29, 0.717) is 5.92 Å². The summed E-state index contributed by atoms with van der Waals surface area (Å²) in [5.74, 6) is 2.24. The first kappa shape index (κ1) is 13.2. The van der Waals surface area contributed by atoms with E-state index in [1.54, 1.807) is 12.4 Å². The Morgan fingerprint density at radius 3 is 2.69 bits per heavy atom. The Bertz CT molecular complexity index is 298. The average molecular weight is 242 g/mol. The van der Waals surface area contributed by atoms with Gasteiger partial charge in [0.1, 0.15) is 5.82 Å². The van der Waals surface area contributed by atoms with Crippen molar-refractivity contribution < 1.29 is 0 Å². The number of hydrogen-bond acceptors (Lipinski definition) is 3. The summed E-state index contributed by atoms with van der Waals surface area (Å²) in [6.45, 7) is 5.10. The summed E-state index contributed by atoms with van der Waals surface area (Å²) in [5, 5.41) is 3.35. The largest absolute Gasteiger partial charge is 0.368 e. The van der Waals surface area contributed by atoms with Crippen LogP contribution in [0.5, 0.6) is 0 Å². The van der Waals surface area contributed by atoms with Gasteiger partial charge in [-0.3, -0.25) is 4.98 Å². The fourth-order valence-corrected chi connectivity index (χ4v) is 2.04. The maximum atomic E-state index is 5.79. The number of aromatic nitrogens is 2. The van der Waals surface area contributed by atoms with Crippen LogP contribution in [0.1, 0.15) is 31.9 Å². The van der Waals surface area contributed by atoms with Crippen molar-refractivity contribution in [1.82, 2.24) is 9.97 Å². The molecule has 0 radical (unpaired) electrons. The van der Waals surface area contributed by atoms with Crippen LogP contribution in [0.15, 0.2) is 12.4 Å². The molecule has 1 heterocycles. The van der Waals surface area contributed by atoms with Gasteiger partial charge in [-0.25, -0.2) is 4.98 Å². The molecule has 0 fully saturated rings. The predicted molar refractivity (Wildman–Crippen MR) is 69.0 cm³/mol. The van der Waals surface area contributed by atoms with Gasteiger partial charge in [-0.05, 0) is 25.7 Å². The predicted octanol–water partition coefficient (Wildman–Crippen LogP) is 3.24. The standard InChI is InChI=1S/C12H20ClN3/c1-3-4-11(5-6-13)9-16-12-10(2)14-7-8-15-12/h7-8,11H,3-6,9H2,1-2H3,(H,15,16). The van der Waals surface area contributed by atoms with E-state index >= 15 is 0 Å². The van der Waals surface area contributed by atoms with Gasteiger partial charge in [-0.1, -0.05) is 13.3 Å². The molecular weight excluding hydrogens is 222 g/mol. The van der Waals surface area contributed by atoms with Crippen molar-refractivity contribution in [3.63, 3.8) is 0 Å². The van der Waals surface area contributed by atoms with Gasteiger partial charge in [-0.2, -0.15) is 0 Å². The Kier molecular flexibility index (Phi) is 6.16. The number of aryl methyl sites for hydroxylation is 1. The fourth-order valence-electron chi connectivity index (χ4n) is 1.73. The Labute approximate surface area is 103 Å². The molecule has 90 valence electrons. The lowest BCUT2D eigenvalue weighted by Gasteiger charge is -2.16. The van der Waals surface area contributed by atoms with Crippen LogP contribution in [0.2, 0.25) is 0 Å². The normalized spacial score (nSPS) is 12.4. The highest BCUT2D eigenvalue weighted by Gasteiger charge is 2.08. The summed E-state index contributed by atoms with van der Waals surface area (Å²) in [6, 6.07) is 0. The molecule has 3 nitrogen and oxygen atoms in total. The molecule has 1 atom stereocenters. The minimum atomic E-state index is 0.629. The Balaban J connectivity index is 2.45. The van der Waals surface area contributed by atoms with E-state index in [0.717, 1.165) is 30.4 Å². The molecule has 1 aromatic heterocycles. The third kappa shape index (κ3) is 4.35. The Morgan fingerprint density at radius 2 is 2.06 bits per heavy atom. The summed E-state index contributed by atoms with van der Waals surface area (Å²) in [7, 11) is 0. The lowest BCUT2D eigenvalue weighted by Crippen LogP contribution is -2.16. The SMILES string of the molecule is CCCC(CCCl)CNc1nccnc1C. The molecule has 1 unspecified atom stereocenters. The van der Waals surface area contributed by atoms with Gasteiger partial charge < -0.3 is 5.32 Å². The Hall–Kier alpha value is -0.830. The van der Waals surface area contributed by atoms with Gasteiger partial charge in [0.2, 0.25) is 0 Å². The molecule has 0 aliphatic rings. The maximum absolute atomic E-state index is 5.79. The topological polar surface area (TPSA) is 37.8 Å². The highest BCUT2D eigenvalue weighted by molar-refractivity contribution is 6.17. The molecule has 1 rings (SSSR count). The van der Waals surface area contributed by atoms with Crippen LogP contribution in [-0.4, -0.2) is 22.4 Å². The highest BCUT2D eigenvalue weighted by atomic mass is 35.5. The average Bonchev–Trinajstić information content (AvgIpc) is 2.28. The summed E-state index contributed by atoms with van der Waals surface area (Å²) >= 11 is 5.79. The second-order valence-electron chi connectivity index (χ2n) is 4.00. The summed E-state index contributed by atoms with van der Waals surface area (Å²) in [5.41, 5.74) is 0.948. The van der Waals surface area contributed by atoms with Crippen LogP contribution < -0.4 is 5.32 Å². The zero-order chi connectivity index (χ0) is 11.8. The Morgan fingerprint density at radius 1 is 1.31 bits per heavy atom. The first-order chi connectivity index (χ1) is 7.77. The third-order valence-corrected chi connectivity index (χ3v) is 2.87. The van der Waals surface area contributed by atoms with Crippen LogP contribution in [0, 0.1) is 12.8 Å². The summed E-state index contributed by atoms with van der Waals surface area (Å²) in [6.07, 6.45) is 6.89. The first-order valence-corrected chi connectivity index (χ1v) is 6.38. The number of nitrogens with one attached hydrogen (secondary N) is 1. The van der Waals surface area contributed by atoms with Crippen molar-refractivity contribution >= 4 is 17.4 Å². The quantitative estimate of drug-likeness (QED) is 0.745. The molecule has 0 spiro atoms. The van der Waals surface area contributed by atoms with E-state index in [4.69, 9.17) is 11.6 Å². The number of anilines is 1. The van der Waals surface area contributed by atoms with Gasteiger partial charge in [0.25, 0.3) is 0 Å². The van der Waals surface area contributed by atoms with Crippen LogP contribution in [0.25, 0.3) is 0 Å². The van der Waals surface area contributed by atoms with Gasteiger partial charge in [-0.15, -0.1) is 11.6 Å². The molecule has 4 heteroatoms. The van der Waals surface area contributed by atoms with Crippen molar-refractivity contribution in [2.24, 2.45) is 5.92 Å².